The summed E-state index contributed by atoms with van der Waals surface area (Å²) in [6, 6.07) is 16.0. The van der Waals surface area contributed by atoms with E-state index in [1.54, 1.807) is 12.1 Å². The van der Waals surface area contributed by atoms with Crippen LogP contribution in [0.4, 0.5) is 14.5 Å². The first-order chi connectivity index (χ1) is 11.0. The van der Waals surface area contributed by atoms with Crippen molar-refractivity contribution in [2.75, 3.05) is 11.4 Å². The summed E-state index contributed by atoms with van der Waals surface area (Å²) < 4.78 is 48.1. The molecule has 122 valence electrons. The minimum absolute atomic E-state index is 0.230. The van der Waals surface area contributed by atoms with Crippen LogP contribution in [-0.4, -0.2) is 20.7 Å². The summed E-state index contributed by atoms with van der Waals surface area (Å²) in [5.74, 6) is -3.39. The third-order valence-corrected chi connectivity index (χ3v) is 5.57. The van der Waals surface area contributed by atoms with Crippen molar-refractivity contribution < 1.29 is 17.2 Å². The highest BCUT2D eigenvalue weighted by molar-refractivity contribution is 7.91. The summed E-state index contributed by atoms with van der Waals surface area (Å²) >= 11 is 0. The first-order valence-electron chi connectivity index (χ1n) is 7.44. The van der Waals surface area contributed by atoms with Crippen molar-refractivity contribution in [1.29, 1.82) is 0 Å². The Morgan fingerprint density at radius 2 is 1.65 bits per heavy atom. The third-order valence-electron chi connectivity index (χ3n) is 4.17. The maximum absolute atomic E-state index is 12.6. The van der Waals surface area contributed by atoms with Gasteiger partial charge in [0, 0.05) is 12.2 Å². The lowest BCUT2D eigenvalue weighted by Gasteiger charge is -2.27. The lowest BCUT2D eigenvalue weighted by Crippen LogP contribution is -2.22. The van der Waals surface area contributed by atoms with Crippen molar-refractivity contribution in [1.82, 2.24) is 0 Å². The first kappa shape index (κ1) is 15.9. The van der Waals surface area contributed by atoms with Gasteiger partial charge in [0.15, 0.2) is 0 Å². The minimum Gasteiger partial charge on any atom is -0.364 e. The van der Waals surface area contributed by atoms with Crippen LogP contribution in [0.3, 0.4) is 0 Å². The lowest BCUT2D eigenvalue weighted by molar-refractivity contribution is 0.234. The van der Waals surface area contributed by atoms with Gasteiger partial charge in [0.05, 0.1) is 10.9 Å². The van der Waals surface area contributed by atoms with Crippen molar-refractivity contribution in [3.05, 3.63) is 60.2 Å². The predicted octanol–water partition coefficient (Wildman–Crippen LogP) is 4.02. The molecule has 0 saturated carbocycles. The van der Waals surface area contributed by atoms with E-state index in [2.05, 4.69) is 17.0 Å². The Morgan fingerprint density at radius 3 is 2.26 bits per heavy atom. The van der Waals surface area contributed by atoms with E-state index >= 15 is 0 Å². The van der Waals surface area contributed by atoms with E-state index in [1.807, 2.05) is 18.2 Å². The van der Waals surface area contributed by atoms with Crippen LogP contribution in [0, 0.1) is 0 Å². The predicted molar refractivity (Wildman–Crippen MR) is 85.4 cm³/mol. The molecule has 0 bridgehead atoms. The molecule has 1 heterocycles. The highest BCUT2D eigenvalue weighted by atomic mass is 32.2. The fraction of sp³-hybridized carbons (Fsp3) is 0.294. The van der Waals surface area contributed by atoms with Crippen LogP contribution >= 0.6 is 0 Å². The first-order valence-corrected chi connectivity index (χ1v) is 8.98. The summed E-state index contributed by atoms with van der Waals surface area (Å²) in [6.07, 6.45) is 2.05. The van der Waals surface area contributed by atoms with Crippen molar-refractivity contribution in [2.24, 2.45) is 0 Å². The van der Waals surface area contributed by atoms with Gasteiger partial charge in [-0.15, -0.1) is 0 Å². The molecule has 1 saturated heterocycles. The second-order valence-corrected chi connectivity index (χ2v) is 7.48. The van der Waals surface area contributed by atoms with Gasteiger partial charge >= 0.3 is 5.76 Å². The van der Waals surface area contributed by atoms with E-state index in [0.717, 1.165) is 25.1 Å². The van der Waals surface area contributed by atoms with Gasteiger partial charge in [0.2, 0.25) is 9.84 Å². The maximum atomic E-state index is 12.6. The van der Waals surface area contributed by atoms with Gasteiger partial charge in [0.1, 0.15) is 0 Å². The molecule has 0 spiro atoms. The van der Waals surface area contributed by atoms with Gasteiger partial charge in [-0.2, -0.15) is 8.78 Å². The van der Waals surface area contributed by atoms with Crippen molar-refractivity contribution >= 4 is 15.5 Å². The van der Waals surface area contributed by atoms with E-state index < -0.39 is 15.6 Å². The molecular weight excluding hydrogens is 320 g/mol. The topological polar surface area (TPSA) is 37.4 Å². The Kier molecular flexibility index (Phi) is 4.35. The van der Waals surface area contributed by atoms with Gasteiger partial charge in [0.25, 0.3) is 0 Å². The van der Waals surface area contributed by atoms with E-state index in [9.17, 15) is 17.2 Å². The maximum Gasteiger partial charge on any atom is 0.341 e. The lowest BCUT2D eigenvalue weighted by atomic mass is 10.0. The number of benzene rings is 2. The number of rotatable bonds is 4. The average molecular weight is 337 g/mol. The molecule has 1 fully saturated rings. The van der Waals surface area contributed by atoms with Crippen LogP contribution in [0.2, 0.25) is 0 Å². The molecule has 6 heteroatoms. The number of hydrogen-bond donors (Lipinski definition) is 0. The fourth-order valence-corrected chi connectivity index (χ4v) is 3.75. The Hall–Kier alpha value is -1.95. The normalized spacial score (nSPS) is 18.6. The summed E-state index contributed by atoms with van der Waals surface area (Å²) in [5, 5.41) is 0. The Bertz CT molecular complexity index is 761. The number of halogens is 2. The molecule has 3 rings (SSSR count). The smallest absolute Gasteiger partial charge is 0.341 e. The minimum atomic E-state index is -4.53. The number of alkyl halides is 2. The Morgan fingerprint density at radius 1 is 1.00 bits per heavy atom. The van der Waals surface area contributed by atoms with Gasteiger partial charge < -0.3 is 4.90 Å². The van der Waals surface area contributed by atoms with Crippen LogP contribution in [0.5, 0.6) is 0 Å². The Labute approximate surface area is 134 Å². The zero-order chi connectivity index (χ0) is 16.4. The largest absolute Gasteiger partial charge is 0.364 e. The molecule has 1 atom stereocenters. The number of anilines is 1. The molecule has 0 amide bonds. The molecule has 0 aromatic heterocycles. The van der Waals surface area contributed by atoms with Gasteiger partial charge in [-0.3, -0.25) is 0 Å². The molecule has 2 aromatic carbocycles. The third kappa shape index (κ3) is 3.08. The number of sulfone groups is 1. The highest BCUT2D eigenvalue weighted by Gasteiger charge is 2.28. The van der Waals surface area contributed by atoms with Gasteiger partial charge in [-0.1, -0.05) is 30.3 Å². The van der Waals surface area contributed by atoms with Crippen LogP contribution in [0.1, 0.15) is 24.4 Å². The zero-order valence-electron chi connectivity index (χ0n) is 12.4. The summed E-state index contributed by atoms with van der Waals surface area (Å²) in [4.78, 5) is 1.85. The molecular formula is C17H17F2NO2S. The number of nitrogens with zero attached hydrogens (tertiary/aromatic N) is 1. The van der Waals surface area contributed by atoms with E-state index in [1.165, 1.54) is 17.7 Å². The second-order valence-electron chi connectivity index (χ2n) is 5.56. The zero-order valence-corrected chi connectivity index (χ0v) is 13.2. The molecule has 1 unspecified atom stereocenters. The summed E-state index contributed by atoms with van der Waals surface area (Å²) in [7, 11) is -4.53. The standard InChI is InChI=1S/C17H17F2NO2S/c18-17(19)23(21,22)15-10-8-14(9-11-15)20-12-4-7-16(20)13-5-2-1-3-6-13/h1-3,5-6,8-11,16-17H,4,7,12H2. The second kappa shape index (κ2) is 6.28. The molecule has 1 aliphatic rings. The molecule has 23 heavy (non-hydrogen) atoms. The summed E-state index contributed by atoms with van der Waals surface area (Å²) in [5.41, 5.74) is 2.05. The van der Waals surface area contributed by atoms with Crippen LogP contribution < -0.4 is 4.90 Å². The fourth-order valence-electron chi connectivity index (χ4n) is 3.03. The molecule has 2 aromatic rings. The number of hydrogen-bond acceptors (Lipinski definition) is 3. The highest BCUT2D eigenvalue weighted by Crippen LogP contribution is 2.36. The monoisotopic (exact) mass is 337 g/mol. The molecule has 0 aliphatic carbocycles. The molecule has 0 radical (unpaired) electrons. The van der Waals surface area contributed by atoms with E-state index in [0.29, 0.717) is 0 Å². The van der Waals surface area contributed by atoms with E-state index in [-0.39, 0.29) is 10.9 Å². The quantitative estimate of drug-likeness (QED) is 0.845. The Balaban J connectivity index is 1.87. The van der Waals surface area contributed by atoms with Gasteiger partial charge in [-0.25, -0.2) is 8.42 Å². The van der Waals surface area contributed by atoms with Crippen LogP contribution in [0.25, 0.3) is 0 Å². The SMILES string of the molecule is O=S(=O)(c1ccc(N2CCCC2c2ccccc2)cc1)C(F)F. The van der Waals surface area contributed by atoms with Gasteiger partial charge in [-0.05, 0) is 42.7 Å². The van der Waals surface area contributed by atoms with Crippen LogP contribution in [0.15, 0.2) is 59.5 Å². The van der Waals surface area contributed by atoms with E-state index in [4.69, 9.17) is 0 Å². The molecule has 3 nitrogen and oxygen atoms in total. The summed E-state index contributed by atoms with van der Waals surface area (Å²) in [6.45, 7) is 0.862. The van der Waals surface area contributed by atoms with Crippen molar-refractivity contribution in [2.45, 2.75) is 29.5 Å². The van der Waals surface area contributed by atoms with Crippen molar-refractivity contribution in [3.8, 4) is 0 Å². The molecule has 1 aliphatic heterocycles. The van der Waals surface area contributed by atoms with Crippen LogP contribution in [-0.2, 0) is 9.84 Å². The molecule has 0 N–H and O–H groups in total. The average Bonchev–Trinajstić information content (AvgIpc) is 3.05. The van der Waals surface area contributed by atoms with Crippen molar-refractivity contribution in [3.63, 3.8) is 0 Å².